The molecule has 1 aromatic carbocycles. The summed E-state index contributed by atoms with van der Waals surface area (Å²) < 4.78 is 27.8. The zero-order valence-corrected chi connectivity index (χ0v) is 14.0. The molecule has 0 saturated carbocycles. The summed E-state index contributed by atoms with van der Waals surface area (Å²) in [6.45, 7) is 4.02. The van der Waals surface area contributed by atoms with Crippen molar-refractivity contribution in [3.63, 3.8) is 0 Å². The highest BCUT2D eigenvalue weighted by atomic mass is 32.2. The van der Waals surface area contributed by atoms with Crippen LogP contribution < -0.4 is 15.8 Å². The van der Waals surface area contributed by atoms with Gasteiger partial charge in [0.2, 0.25) is 5.91 Å². The zero-order chi connectivity index (χ0) is 16.8. The molecule has 0 fully saturated rings. The van der Waals surface area contributed by atoms with E-state index in [1.165, 1.54) is 0 Å². The Hall–Kier alpha value is -1.60. The Balaban J connectivity index is 2.54. The van der Waals surface area contributed by atoms with Crippen LogP contribution in [0.4, 0.5) is 5.69 Å². The van der Waals surface area contributed by atoms with Gasteiger partial charge in [0.15, 0.2) is 0 Å². The van der Waals surface area contributed by atoms with Crippen molar-refractivity contribution in [2.45, 2.75) is 38.8 Å². The van der Waals surface area contributed by atoms with E-state index in [4.69, 9.17) is 10.5 Å². The van der Waals surface area contributed by atoms with Crippen LogP contribution in [0.5, 0.6) is 5.75 Å². The highest BCUT2D eigenvalue weighted by molar-refractivity contribution is 7.90. The van der Waals surface area contributed by atoms with Gasteiger partial charge in [-0.3, -0.25) is 4.79 Å². The molecular formula is C15H24N2O4S. The maximum Gasteiger partial charge on any atom is 0.241 e. The lowest BCUT2D eigenvalue weighted by Crippen LogP contribution is -2.37. The van der Waals surface area contributed by atoms with Gasteiger partial charge in [-0.25, -0.2) is 8.42 Å². The smallest absolute Gasteiger partial charge is 0.241 e. The molecule has 3 N–H and O–H groups in total. The van der Waals surface area contributed by atoms with E-state index >= 15 is 0 Å². The van der Waals surface area contributed by atoms with E-state index in [-0.39, 0.29) is 18.3 Å². The number of ether oxygens (including phenoxy) is 1. The van der Waals surface area contributed by atoms with E-state index < -0.39 is 21.8 Å². The second-order valence-electron chi connectivity index (χ2n) is 5.38. The molecule has 2 unspecified atom stereocenters. The van der Waals surface area contributed by atoms with Gasteiger partial charge in [-0.1, -0.05) is 6.92 Å². The van der Waals surface area contributed by atoms with Crippen LogP contribution in [-0.2, 0) is 14.6 Å². The number of sulfone groups is 1. The first kappa shape index (κ1) is 18.4. The fourth-order valence-corrected chi connectivity index (χ4v) is 2.32. The molecule has 0 aliphatic carbocycles. The first-order chi connectivity index (χ1) is 10.2. The van der Waals surface area contributed by atoms with Crippen molar-refractivity contribution in [3.05, 3.63) is 24.3 Å². The topological polar surface area (TPSA) is 98.5 Å². The maximum atomic E-state index is 11.9. The monoisotopic (exact) mass is 328 g/mol. The molecule has 0 spiro atoms. The second kappa shape index (κ2) is 8.14. The minimum Gasteiger partial charge on any atom is -0.491 e. The van der Waals surface area contributed by atoms with Crippen LogP contribution in [0.3, 0.4) is 0 Å². The number of nitrogens with two attached hydrogens (primary N) is 1. The number of hydrogen-bond acceptors (Lipinski definition) is 5. The third-order valence-electron chi connectivity index (χ3n) is 3.17. The Morgan fingerprint density at radius 2 is 1.91 bits per heavy atom. The second-order valence-corrected chi connectivity index (χ2v) is 7.64. The molecule has 124 valence electrons. The highest BCUT2D eigenvalue weighted by Crippen LogP contribution is 2.17. The fraction of sp³-hybridized carbons (Fsp3) is 0.533. The summed E-state index contributed by atoms with van der Waals surface area (Å²) in [7, 11) is -3.12. The molecule has 0 bridgehead atoms. The fourth-order valence-electron chi connectivity index (χ4n) is 1.64. The number of anilines is 1. The number of carbonyl (C=O) groups is 1. The van der Waals surface area contributed by atoms with Crippen LogP contribution in [0, 0.1) is 0 Å². The molecule has 0 aromatic heterocycles. The summed E-state index contributed by atoms with van der Waals surface area (Å²) in [5.74, 6) is 0.219. The van der Waals surface area contributed by atoms with Crippen molar-refractivity contribution in [1.82, 2.24) is 0 Å². The maximum absolute atomic E-state index is 11.9. The number of amides is 1. The van der Waals surface area contributed by atoms with Gasteiger partial charge >= 0.3 is 0 Å². The van der Waals surface area contributed by atoms with Gasteiger partial charge in [-0.15, -0.1) is 0 Å². The standard InChI is InChI=1S/C15H24N2O4S/c1-4-11(2)21-13-7-5-12(6-8-13)17-15(18)14(16)9-10-22(3,19)20/h5-8,11,14H,4,9-10,16H2,1-3H3,(H,17,18). The predicted octanol–water partition coefficient (Wildman–Crippen LogP) is 1.56. The van der Waals surface area contributed by atoms with Crippen LogP contribution in [0.2, 0.25) is 0 Å². The van der Waals surface area contributed by atoms with Gasteiger partial charge in [-0.05, 0) is 44.0 Å². The summed E-state index contributed by atoms with van der Waals surface area (Å²) in [5, 5.41) is 2.66. The molecule has 0 saturated heterocycles. The van der Waals surface area contributed by atoms with Gasteiger partial charge in [0, 0.05) is 11.9 Å². The van der Waals surface area contributed by atoms with E-state index in [2.05, 4.69) is 5.32 Å². The largest absolute Gasteiger partial charge is 0.491 e. The van der Waals surface area contributed by atoms with Crippen molar-refractivity contribution in [2.75, 3.05) is 17.3 Å². The van der Waals surface area contributed by atoms with Crippen LogP contribution in [0.15, 0.2) is 24.3 Å². The first-order valence-corrected chi connectivity index (χ1v) is 9.28. The number of carbonyl (C=O) groups excluding carboxylic acids is 1. The molecule has 0 heterocycles. The molecule has 1 rings (SSSR count). The zero-order valence-electron chi connectivity index (χ0n) is 13.2. The molecule has 22 heavy (non-hydrogen) atoms. The molecule has 1 amide bonds. The van der Waals surface area contributed by atoms with E-state index in [0.29, 0.717) is 5.69 Å². The lowest BCUT2D eigenvalue weighted by Gasteiger charge is -2.14. The molecule has 0 radical (unpaired) electrons. The predicted molar refractivity (Wildman–Crippen MR) is 87.8 cm³/mol. The van der Waals surface area contributed by atoms with E-state index in [1.54, 1.807) is 24.3 Å². The van der Waals surface area contributed by atoms with Gasteiger partial charge in [0.25, 0.3) is 0 Å². The van der Waals surface area contributed by atoms with Crippen molar-refractivity contribution in [1.29, 1.82) is 0 Å². The summed E-state index contributed by atoms with van der Waals surface area (Å²) in [6.07, 6.45) is 2.26. The minimum absolute atomic E-state index is 0.0971. The molecule has 0 aliphatic heterocycles. The Morgan fingerprint density at radius 3 is 2.41 bits per heavy atom. The lowest BCUT2D eigenvalue weighted by molar-refractivity contribution is -0.117. The molecule has 2 atom stereocenters. The average Bonchev–Trinajstić information content (AvgIpc) is 2.45. The van der Waals surface area contributed by atoms with Crippen molar-refractivity contribution in [3.8, 4) is 5.75 Å². The molecule has 1 aromatic rings. The van der Waals surface area contributed by atoms with Crippen molar-refractivity contribution in [2.24, 2.45) is 5.73 Å². The number of nitrogens with one attached hydrogen (secondary N) is 1. The third kappa shape index (κ3) is 6.91. The third-order valence-corrected chi connectivity index (χ3v) is 4.15. The Bertz CT molecular complexity index is 584. The van der Waals surface area contributed by atoms with Crippen molar-refractivity contribution >= 4 is 21.4 Å². The SMILES string of the molecule is CCC(C)Oc1ccc(NC(=O)C(N)CCS(C)(=O)=O)cc1. The van der Waals surface area contributed by atoms with E-state index in [9.17, 15) is 13.2 Å². The van der Waals surface area contributed by atoms with Crippen LogP contribution in [0.25, 0.3) is 0 Å². The van der Waals surface area contributed by atoms with Crippen LogP contribution in [0.1, 0.15) is 26.7 Å². The lowest BCUT2D eigenvalue weighted by atomic mass is 10.2. The minimum atomic E-state index is -3.12. The number of benzene rings is 1. The van der Waals surface area contributed by atoms with Gasteiger partial charge in [0.05, 0.1) is 17.9 Å². The molecular weight excluding hydrogens is 304 g/mol. The Kier molecular flexibility index (Phi) is 6.83. The Labute approximate surface area is 132 Å². The van der Waals surface area contributed by atoms with Gasteiger partial charge < -0.3 is 15.8 Å². The average molecular weight is 328 g/mol. The summed E-state index contributed by atoms with van der Waals surface area (Å²) >= 11 is 0. The van der Waals surface area contributed by atoms with Crippen LogP contribution in [-0.4, -0.2) is 38.5 Å². The highest BCUT2D eigenvalue weighted by Gasteiger charge is 2.16. The first-order valence-electron chi connectivity index (χ1n) is 7.22. The summed E-state index contributed by atoms with van der Waals surface area (Å²) in [4.78, 5) is 11.9. The molecule has 7 heteroatoms. The number of rotatable bonds is 8. The Morgan fingerprint density at radius 1 is 1.32 bits per heavy atom. The van der Waals surface area contributed by atoms with E-state index in [0.717, 1.165) is 18.4 Å². The van der Waals surface area contributed by atoms with Gasteiger partial charge in [-0.2, -0.15) is 0 Å². The van der Waals surface area contributed by atoms with Crippen LogP contribution >= 0.6 is 0 Å². The molecule has 0 aliphatic rings. The van der Waals surface area contributed by atoms with Gasteiger partial charge in [0.1, 0.15) is 15.6 Å². The summed E-state index contributed by atoms with van der Waals surface area (Å²) in [5.41, 5.74) is 6.28. The summed E-state index contributed by atoms with van der Waals surface area (Å²) in [6, 6.07) is 6.12. The van der Waals surface area contributed by atoms with E-state index in [1.807, 2.05) is 13.8 Å². The molecule has 6 nitrogen and oxygen atoms in total. The quantitative estimate of drug-likeness (QED) is 0.754. The number of hydrogen-bond donors (Lipinski definition) is 2. The van der Waals surface area contributed by atoms with Crippen molar-refractivity contribution < 1.29 is 17.9 Å². The normalized spacial score (nSPS) is 14.2.